The van der Waals surface area contributed by atoms with Crippen molar-refractivity contribution in [2.75, 3.05) is 11.9 Å². The molecule has 2 rings (SSSR count). The van der Waals surface area contributed by atoms with Gasteiger partial charge in [0.1, 0.15) is 10.8 Å². The minimum atomic E-state index is -0.618. The van der Waals surface area contributed by atoms with Crippen molar-refractivity contribution in [1.82, 2.24) is 0 Å². The summed E-state index contributed by atoms with van der Waals surface area (Å²) in [5.41, 5.74) is -0.00869. The molecule has 0 fully saturated rings. The topological polar surface area (TPSA) is 81.5 Å². The summed E-state index contributed by atoms with van der Waals surface area (Å²) in [5, 5.41) is 13.3. The summed E-state index contributed by atoms with van der Waals surface area (Å²) < 4.78 is 6.95. The maximum atomic E-state index is 11.9. The van der Waals surface area contributed by atoms with Crippen molar-refractivity contribution in [1.29, 1.82) is 0 Å². The number of amides is 1. The van der Waals surface area contributed by atoms with Gasteiger partial charge in [0.05, 0.1) is 9.40 Å². The van der Waals surface area contributed by atoms with Gasteiger partial charge in [-0.2, -0.15) is 0 Å². The van der Waals surface area contributed by atoms with E-state index in [1.54, 1.807) is 18.2 Å². The highest BCUT2D eigenvalue weighted by atomic mass is 79.9. The smallest absolute Gasteiger partial charge is 0.289 e. The van der Waals surface area contributed by atoms with E-state index in [4.69, 9.17) is 16.3 Å². The molecular weight excluding hydrogens is 455 g/mol. The van der Waals surface area contributed by atoms with Crippen LogP contribution in [0.2, 0.25) is 5.02 Å². The predicted octanol–water partition coefficient (Wildman–Crippen LogP) is 4.79. The Morgan fingerprint density at radius 2 is 2.00 bits per heavy atom. The normalized spacial score (nSPS) is 10.2. The highest BCUT2D eigenvalue weighted by Crippen LogP contribution is 2.29. The number of carbonyl (C=O) groups excluding carboxylic acids is 1. The van der Waals surface area contributed by atoms with Crippen molar-refractivity contribution in [3.8, 4) is 5.75 Å². The molecule has 0 saturated carbocycles. The van der Waals surface area contributed by atoms with Crippen molar-refractivity contribution in [2.45, 2.75) is 0 Å². The first-order valence-corrected chi connectivity index (χ1v) is 8.15. The number of nitro benzene ring substituents is 1. The van der Waals surface area contributed by atoms with Crippen LogP contribution in [0.3, 0.4) is 0 Å². The van der Waals surface area contributed by atoms with Gasteiger partial charge in [0.15, 0.2) is 6.61 Å². The number of hydrogen-bond acceptors (Lipinski definition) is 4. The molecule has 0 atom stereocenters. The van der Waals surface area contributed by atoms with Gasteiger partial charge in [-0.3, -0.25) is 14.9 Å². The fourth-order valence-corrected chi connectivity index (χ4v) is 3.01. The quantitative estimate of drug-likeness (QED) is 0.510. The van der Waals surface area contributed by atoms with Crippen LogP contribution in [0.5, 0.6) is 5.75 Å². The third-order valence-electron chi connectivity index (χ3n) is 2.68. The fourth-order valence-electron chi connectivity index (χ4n) is 1.66. The molecule has 0 aromatic heterocycles. The Labute approximate surface area is 153 Å². The van der Waals surface area contributed by atoms with Crippen molar-refractivity contribution in [3.05, 3.63) is 60.5 Å². The van der Waals surface area contributed by atoms with Crippen LogP contribution in [0.25, 0.3) is 0 Å². The molecule has 0 unspecified atom stereocenters. The van der Waals surface area contributed by atoms with Gasteiger partial charge in [-0.05, 0) is 46.3 Å². The number of nitrogens with zero attached hydrogens (tertiary/aromatic N) is 1. The SMILES string of the molecule is O=C(COc1ccc(Br)cc1Br)Nc1ccc(Cl)c([N+](=O)[O-])c1. The molecule has 6 nitrogen and oxygen atoms in total. The van der Waals surface area contributed by atoms with Crippen LogP contribution in [0.4, 0.5) is 11.4 Å². The molecule has 0 aliphatic heterocycles. The third kappa shape index (κ3) is 4.92. The van der Waals surface area contributed by atoms with E-state index in [-0.39, 0.29) is 23.0 Å². The largest absolute Gasteiger partial charge is 0.483 e. The first-order chi connectivity index (χ1) is 10.9. The number of nitro groups is 1. The molecule has 9 heteroatoms. The van der Waals surface area contributed by atoms with Gasteiger partial charge in [0.25, 0.3) is 11.6 Å². The van der Waals surface area contributed by atoms with Crippen molar-refractivity contribution in [3.63, 3.8) is 0 Å². The Hall–Kier alpha value is -1.64. The van der Waals surface area contributed by atoms with Crippen LogP contribution in [-0.2, 0) is 4.79 Å². The molecule has 2 aromatic rings. The van der Waals surface area contributed by atoms with Gasteiger partial charge in [-0.1, -0.05) is 27.5 Å². The molecule has 1 N–H and O–H groups in total. The fraction of sp³-hybridized carbons (Fsp3) is 0.0714. The van der Waals surface area contributed by atoms with E-state index in [0.29, 0.717) is 10.2 Å². The first kappa shape index (κ1) is 17.7. The van der Waals surface area contributed by atoms with Crippen molar-refractivity contribution in [2.24, 2.45) is 0 Å². The number of hydrogen-bond donors (Lipinski definition) is 1. The number of rotatable bonds is 5. The summed E-state index contributed by atoms with van der Waals surface area (Å²) in [7, 11) is 0. The van der Waals surface area contributed by atoms with E-state index in [2.05, 4.69) is 37.2 Å². The van der Waals surface area contributed by atoms with Crippen LogP contribution >= 0.6 is 43.5 Å². The van der Waals surface area contributed by atoms with Gasteiger partial charge in [-0.25, -0.2) is 0 Å². The summed E-state index contributed by atoms with van der Waals surface area (Å²) >= 11 is 12.3. The summed E-state index contributed by atoms with van der Waals surface area (Å²) in [5.74, 6) is 0.0573. The Bertz CT molecular complexity index is 770. The molecular formula is C14H9Br2ClN2O4. The van der Waals surface area contributed by atoms with E-state index in [1.807, 2.05) is 0 Å². The molecule has 0 aliphatic carbocycles. The summed E-state index contributed by atoms with van der Waals surface area (Å²) in [4.78, 5) is 22.1. The molecule has 0 radical (unpaired) electrons. The van der Waals surface area contributed by atoms with E-state index >= 15 is 0 Å². The first-order valence-electron chi connectivity index (χ1n) is 6.18. The highest BCUT2D eigenvalue weighted by Gasteiger charge is 2.14. The monoisotopic (exact) mass is 462 g/mol. The van der Waals surface area contributed by atoms with Crippen molar-refractivity contribution >= 4 is 60.7 Å². The number of ether oxygens (including phenoxy) is 1. The summed E-state index contributed by atoms with van der Waals surface area (Å²) in [6.07, 6.45) is 0. The third-order valence-corrected chi connectivity index (χ3v) is 4.11. The van der Waals surface area contributed by atoms with Crippen LogP contribution in [-0.4, -0.2) is 17.4 Å². The Morgan fingerprint density at radius 3 is 2.65 bits per heavy atom. The van der Waals surface area contributed by atoms with Crippen LogP contribution in [0.15, 0.2) is 45.3 Å². The molecule has 23 heavy (non-hydrogen) atoms. The molecule has 2 aromatic carbocycles. The molecule has 0 heterocycles. The molecule has 0 bridgehead atoms. The maximum absolute atomic E-state index is 11.9. The predicted molar refractivity (Wildman–Crippen MR) is 94.1 cm³/mol. The van der Waals surface area contributed by atoms with Gasteiger partial charge < -0.3 is 10.1 Å². The molecule has 0 spiro atoms. The average molecular weight is 464 g/mol. The molecule has 120 valence electrons. The van der Waals surface area contributed by atoms with E-state index in [0.717, 1.165) is 4.47 Å². The number of nitrogens with one attached hydrogen (secondary N) is 1. The Morgan fingerprint density at radius 1 is 1.26 bits per heavy atom. The van der Waals surface area contributed by atoms with Gasteiger partial charge in [-0.15, -0.1) is 0 Å². The Balaban J connectivity index is 2.00. The van der Waals surface area contributed by atoms with Crippen LogP contribution in [0.1, 0.15) is 0 Å². The number of carbonyl (C=O) groups is 1. The minimum Gasteiger partial charge on any atom is -0.483 e. The molecule has 0 aliphatic rings. The summed E-state index contributed by atoms with van der Waals surface area (Å²) in [6.45, 7) is -0.239. The number of benzene rings is 2. The Kier molecular flexibility index (Phi) is 5.97. The van der Waals surface area contributed by atoms with Crippen LogP contribution in [0, 0.1) is 10.1 Å². The zero-order chi connectivity index (χ0) is 17.0. The molecule has 1 amide bonds. The van der Waals surface area contributed by atoms with E-state index in [9.17, 15) is 14.9 Å². The zero-order valence-electron chi connectivity index (χ0n) is 11.4. The number of halogens is 3. The van der Waals surface area contributed by atoms with Gasteiger partial charge in [0.2, 0.25) is 0 Å². The maximum Gasteiger partial charge on any atom is 0.289 e. The van der Waals surface area contributed by atoms with Gasteiger partial charge in [0, 0.05) is 16.2 Å². The zero-order valence-corrected chi connectivity index (χ0v) is 15.3. The highest BCUT2D eigenvalue weighted by molar-refractivity contribution is 9.11. The lowest BCUT2D eigenvalue weighted by atomic mass is 10.3. The van der Waals surface area contributed by atoms with Gasteiger partial charge >= 0.3 is 0 Å². The second-order valence-electron chi connectivity index (χ2n) is 4.33. The lowest BCUT2D eigenvalue weighted by molar-refractivity contribution is -0.384. The second-order valence-corrected chi connectivity index (χ2v) is 6.51. The van der Waals surface area contributed by atoms with Crippen LogP contribution < -0.4 is 10.1 Å². The molecule has 0 saturated heterocycles. The van der Waals surface area contributed by atoms with E-state index < -0.39 is 10.8 Å². The average Bonchev–Trinajstić information content (AvgIpc) is 2.48. The standard InChI is InChI=1S/C14H9Br2ClN2O4/c15-8-1-4-13(10(16)5-8)23-7-14(20)18-9-2-3-11(17)12(6-9)19(21)22/h1-6H,7H2,(H,18,20). The second kappa shape index (κ2) is 7.76. The number of anilines is 1. The lowest BCUT2D eigenvalue weighted by Crippen LogP contribution is -2.20. The lowest BCUT2D eigenvalue weighted by Gasteiger charge is -2.09. The van der Waals surface area contributed by atoms with Crippen molar-refractivity contribution < 1.29 is 14.5 Å². The minimum absolute atomic E-state index is 0.00282. The summed E-state index contributed by atoms with van der Waals surface area (Å²) in [6, 6.07) is 9.28. The van der Waals surface area contributed by atoms with E-state index in [1.165, 1.54) is 18.2 Å².